The predicted molar refractivity (Wildman–Crippen MR) is 51.4 cm³/mol. The fourth-order valence-electron chi connectivity index (χ4n) is 0.168. The van der Waals surface area contributed by atoms with E-state index < -0.39 is 13.5 Å². The average molecular weight is 256 g/mol. The molecule has 0 amide bonds. The summed E-state index contributed by atoms with van der Waals surface area (Å²) >= 11 is 7.07. The highest BCUT2D eigenvalue weighted by Gasteiger charge is 2.10. The van der Waals surface area contributed by atoms with E-state index in [1.807, 2.05) is 0 Å². The predicted octanol–water partition coefficient (Wildman–Crippen LogP) is 0.241. The SMILES string of the molecule is CCOP(=O)(O)O.OP(O)(=S)S. The summed E-state index contributed by atoms with van der Waals surface area (Å²) in [4.78, 5) is 31.5. The second-order valence-electron chi connectivity index (χ2n) is 1.42. The highest BCUT2D eigenvalue weighted by atomic mass is 32.9. The van der Waals surface area contributed by atoms with E-state index in [1.165, 1.54) is 6.92 Å². The molecule has 76 valence electrons. The van der Waals surface area contributed by atoms with Gasteiger partial charge in [-0.15, -0.1) is 0 Å². The monoisotopic (exact) mass is 256 g/mol. The Bertz CT molecular complexity index is 185. The number of thiol groups is 1. The number of hydrogen-bond donors (Lipinski definition) is 5. The summed E-state index contributed by atoms with van der Waals surface area (Å²) in [5, 5.41) is 0. The molecule has 0 unspecified atom stereocenters. The van der Waals surface area contributed by atoms with Crippen molar-refractivity contribution in [1.82, 2.24) is 0 Å². The summed E-state index contributed by atoms with van der Waals surface area (Å²) in [5.41, 5.74) is -3.11. The Hall–Kier alpha value is 1.03. The summed E-state index contributed by atoms with van der Waals surface area (Å²) in [6.07, 6.45) is 0. The van der Waals surface area contributed by atoms with Crippen LogP contribution in [0.4, 0.5) is 0 Å². The van der Waals surface area contributed by atoms with E-state index in [9.17, 15) is 4.57 Å². The van der Waals surface area contributed by atoms with E-state index >= 15 is 0 Å². The first-order chi connectivity index (χ1) is 5.06. The van der Waals surface area contributed by atoms with Crippen molar-refractivity contribution in [3.63, 3.8) is 0 Å². The van der Waals surface area contributed by atoms with Crippen LogP contribution >= 0.6 is 25.8 Å². The van der Waals surface area contributed by atoms with Gasteiger partial charge in [-0.2, -0.15) is 0 Å². The standard InChI is InChI=1S/C2H7O4P.H3O2PS2/c1-2-6-7(3,4)5;1-3(2,4)5/h2H2,1H3,(H2,3,4,5);(H3,1,2,4,5). The van der Waals surface area contributed by atoms with Crippen LogP contribution in [0.15, 0.2) is 0 Å². The van der Waals surface area contributed by atoms with Gasteiger partial charge in [0.1, 0.15) is 0 Å². The van der Waals surface area contributed by atoms with Gasteiger partial charge in [0.15, 0.2) is 0 Å². The largest absolute Gasteiger partial charge is 0.469 e. The van der Waals surface area contributed by atoms with Crippen molar-refractivity contribution in [2.75, 3.05) is 6.61 Å². The Labute approximate surface area is 80.1 Å². The molecule has 0 aliphatic rings. The van der Waals surface area contributed by atoms with Crippen molar-refractivity contribution in [1.29, 1.82) is 0 Å². The van der Waals surface area contributed by atoms with Crippen LogP contribution in [0, 0.1) is 0 Å². The summed E-state index contributed by atoms with van der Waals surface area (Å²) in [6, 6.07) is 0. The minimum Gasteiger partial charge on any atom is -0.338 e. The third kappa shape index (κ3) is 43.9. The van der Waals surface area contributed by atoms with Crippen molar-refractivity contribution in [3.05, 3.63) is 0 Å². The average Bonchev–Trinajstić information content (AvgIpc) is 1.54. The Kier molecular flexibility index (Phi) is 8.37. The molecule has 0 aromatic rings. The number of phosphoric acid groups is 1. The lowest BCUT2D eigenvalue weighted by Crippen LogP contribution is -1.84. The minimum absolute atomic E-state index is 0.0459. The minimum atomic E-state index is -4.17. The van der Waals surface area contributed by atoms with Crippen LogP contribution in [0.1, 0.15) is 6.92 Å². The third-order valence-corrected chi connectivity index (χ3v) is 0.892. The van der Waals surface area contributed by atoms with Gasteiger partial charge >= 0.3 is 7.82 Å². The molecular weight excluding hydrogens is 246 g/mol. The molecule has 0 saturated carbocycles. The van der Waals surface area contributed by atoms with Gasteiger partial charge in [0.05, 0.1) is 6.61 Å². The van der Waals surface area contributed by atoms with Crippen LogP contribution in [0.3, 0.4) is 0 Å². The Balaban J connectivity index is 0. The zero-order valence-electron chi connectivity index (χ0n) is 6.06. The van der Waals surface area contributed by atoms with E-state index in [1.54, 1.807) is 0 Å². The maximum absolute atomic E-state index is 9.70. The first kappa shape index (κ1) is 15.5. The van der Waals surface area contributed by atoms with Gasteiger partial charge in [-0.1, -0.05) is 12.2 Å². The molecule has 0 fully saturated rings. The maximum atomic E-state index is 9.70. The van der Waals surface area contributed by atoms with Gasteiger partial charge in [0.25, 0.3) is 0 Å². The molecule has 0 aromatic heterocycles. The lowest BCUT2D eigenvalue weighted by molar-refractivity contribution is 0.206. The molecule has 0 saturated heterocycles. The van der Waals surface area contributed by atoms with Crippen molar-refractivity contribution < 1.29 is 28.7 Å². The highest BCUT2D eigenvalue weighted by molar-refractivity contribution is 8.59. The lowest BCUT2D eigenvalue weighted by atomic mass is 10.9. The van der Waals surface area contributed by atoms with Gasteiger partial charge in [0.2, 0.25) is 5.69 Å². The second-order valence-corrected chi connectivity index (χ2v) is 7.70. The van der Waals surface area contributed by atoms with Crippen LogP contribution in [0.5, 0.6) is 0 Å². The smallest absolute Gasteiger partial charge is 0.338 e. The van der Waals surface area contributed by atoms with Crippen LogP contribution in [-0.2, 0) is 20.9 Å². The fourth-order valence-corrected chi connectivity index (χ4v) is 0.505. The number of rotatable bonds is 2. The van der Waals surface area contributed by atoms with Gasteiger partial charge in [-0.05, 0) is 18.7 Å². The van der Waals surface area contributed by atoms with Gasteiger partial charge in [-0.3, -0.25) is 4.52 Å². The molecule has 4 N–H and O–H groups in total. The summed E-state index contributed by atoms with van der Waals surface area (Å²) < 4.78 is 13.6. The van der Waals surface area contributed by atoms with Crippen molar-refractivity contribution in [3.8, 4) is 0 Å². The molecule has 0 aromatic carbocycles. The van der Waals surface area contributed by atoms with Crippen molar-refractivity contribution >= 4 is 37.6 Å². The molecule has 0 spiro atoms. The summed E-state index contributed by atoms with van der Waals surface area (Å²) in [5.74, 6) is 0. The zero-order valence-corrected chi connectivity index (χ0v) is 9.56. The van der Waals surface area contributed by atoms with Crippen LogP contribution in [-0.4, -0.2) is 26.2 Å². The van der Waals surface area contributed by atoms with Crippen molar-refractivity contribution in [2.45, 2.75) is 6.92 Å². The van der Waals surface area contributed by atoms with Gasteiger partial charge < -0.3 is 19.6 Å². The molecule has 0 atom stereocenters. The zero-order chi connectivity index (χ0) is 10.4. The molecular formula is C2H10O6P2S2. The molecule has 0 aliphatic heterocycles. The third-order valence-electron chi connectivity index (χ3n) is 0.297. The molecule has 0 aliphatic carbocycles. The van der Waals surface area contributed by atoms with Crippen molar-refractivity contribution in [2.24, 2.45) is 0 Å². The Morgan fingerprint density at radius 1 is 1.42 bits per heavy atom. The Morgan fingerprint density at radius 2 is 1.67 bits per heavy atom. The summed E-state index contributed by atoms with van der Waals surface area (Å²) in [6.45, 7) is 1.56. The van der Waals surface area contributed by atoms with Gasteiger partial charge in [0, 0.05) is 0 Å². The van der Waals surface area contributed by atoms with Crippen LogP contribution in [0.2, 0.25) is 0 Å². The Morgan fingerprint density at radius 3 is 1.67 bits per heavy atom. The van der Waals surface area contributed by atoms with Crippen LogP contribution < -0.4 is 0 Å². The molecule has 0 heterocycles. The topological polar surface area (TPSA) is 107 Å². The first-order valence-corrected chi connectivity index (χ1v) is 7.93. The number of phosphoric ester groups is 1. The highest BCUT2D eigenvalue weighted by Crippen LogP contribution is 2.39. The van der Waals surface area contributed by atoms with E-state index in [-0.39, 0.29) is 6.61 Å². The fraction of sp³-hybridized carbons (Fsp3) is 1.00. The molecule has 0 rings (SSSR count). The molecule has 0 bridgehead atoms. The molecule has 0 radical (unpaired) electrons. The summed E-state index contributed by atoms with van der Waals surface area (Å²) in [7, 11) is -4.17. The van der Waals surface area contributed by atoms with E-state index in [2.05, 4.69) is 28.6 Å². The molecule has 6 nitrogen and oxygen atoms in total. The normalized spacial score (nSPS) is 11.8. The maximum Gasteiger partial charge on any atom is 0.469 e. The van der Waals surface area contributed by atoms with Crippen LogP contribution in [0.25, 0.3) is 0 Å². The van der Waals surface area contributed by atoms with Gasteiger partial charge in [-0.25, -0.2) is 4.57 Å². The first-order valence-electron chi connectivity index (χ1n) is 2.54. The second kappa shape index (κ2) is 6.48. The quantitative estimate of drug-likeness (QED) is 0.356. The molecule has 10 heteroatoms. The van der Waals surface area contributed by atoms with E-state index in [0.29, 0.717) is 0 Å². The number of hydrogen-bond acceptors (Lipinski definition) is 3. The van der Waals surface area contributed by atoms with E-state index in [0.717, 1.165) is 0 Å². The molecule has 12 heavy (non-hydrogen) atoms. The lowest BCUT2D eigenvalue weighted by Gasteiger charge is -1.98. The van der Waals surface area contributed by atoms with E-state index in [4.69, 9.17) is 19.6 Å².